The molecule has 0 radical (unpaired) electrons. The molecule has 0 fully saturated rings. The number of halogens is 1. The van der Waals surface area contributed by atoms with Crippen LogP contribution < -0.4 is 0 Å². The third kappa shape index (κ3) is 4.89. The predicted molar refractivity (Wildman–Crippen MR) is 110 cm³/mol. The van der Waals surface area contributed by atoms with Gasteiger partial charge in [-0.3, -0.25) is 9.59 Å². The largest absolute Gasteiger partial charge is 0.465 e. The Balaban J connectivity index is 2.38. The van der Waals surface area contributed by atoms with Gasteiger partial charge in [-0.15, -0.1) is 0 Å². The van der Waals surface area contributed by atoms with E-state index in [1.54, 1.807) is 32.1 Å². The molecule has 1 heterocycles. The van der Waals surface area contributed by atoms with Gasteiger partial charge in [-0.05, 0) is 32.9 Å². The highest BCUT2D eigenvalue weighted by molar-refractivity contribution is 6.45. The van der Waals surface area contributed by atoms with Crippen LogP contribution in [0.4, 0.5) is 0 Å². The fraction of sp³-hybridized carbons (Fsp3) is 0.545. The average Bonchev–Trinajstić information content (AvgIpc) is 2.66. The molecule has 0 bridgehead atoms. The van der Waals surface area contributed by atoms with E-state index in [0.29, 0.717) is 16.9 Å². The Morgan fingerprint density at radius 2 is 1.90 bits per heavy atom. The van der Waals surface area contributed by atoms with Crippen LogP contribution in [0.25, 0.3) is 0 Å². The summed E-state index contributed by atoms with van der Waals surface area (Å²) in [5, 5.41) is 30.0. The Hall–Kier alpha value is -1.73. The lowest BCUT2D eigenvalue weighted by molar-refractivity contribution is -0.138. The first-order valence-corrected chi connectivity index (χ1v) is 10.1. The van der Waals surface area contributed by atoms with E-state index in [1.165, 1.54) is 20.1 Å². The standard InChI is InChI=1S/C22H29ClO6/c1-11(13(3)24)6-7-15-8-16-17(10-29-15)18(9-19(26)12(2)14(4)25)22(5,28)21(27)20(16)23/h6-8,10-14,18,24-25,28H,9H2,1-5H3/b7-6-/t11-,12+,13-,14+,18+,22+/m1/s1. The first-order valence-electron chi connectivity index (χ1n) is 9.70. The van der Waals surface area contributed by atoms with Gasteiger partial charge in [-0.25, -0.2) is 0 Å². The van der Waals surface area contributed by atoms with Crippen LogP contribution in [0.3, 0.4) is 0 Å². The van der Waals surface area contributed by atoms with Crippen LogP contribution in [0.5, 0.6) is 0 Å². The van der Waals surface area contributed by atoms with Crippen molar-refractivity contribution in [1.82, 2.24) is 0 Å². The second-order valence-electron chi connectivity index (χ2n) is 8.15. The number of fused-ring (bicyclic) bond motifs is 1. The van der Waals surface area contributed by atoms with Crippen LogP contribution in [-0.4, -0.2) is 44.7 Å². The van der Waals surface area contributed by atoms with E-state index in [-0.39, 0.29) is 23.2 Å². The van der Waals surface area contributed by atoms with Crippen LogP contribution in [0.1, 0.15) is 41.0 Å². The van der Waals surface area contributed by atoms with Crippen molar-refractivity contribution in [2.24, 2.45) is 17.8 Å². The number of Topliss-reactive ketones (excluding diaryl/α,β-unsaturated/α-hetero) is 2. The van der Waals surface area contributed by atoms with Gasteiger partial charge in [-0.1, -0.05) is 31.5 Å². The monoisotopic (exact) mass is 424 g/mol. The van der Waals surface area contributed by atoms with Crippen LogP contribution in [0.15, 0.2) is 46.4 Å². The van der Waals surface area contributed by atoms with Gasteiger partial charge in [0.15, 0.2) is 0 Å². The number of hydrogen-bond acceptors (Lipinski definition) is 6. The van der Waals surface area contributed by atoms with Crippen LogP contribution in [-0.2, 0) is 14.3 Å². The minimum Gasteiger partial charge on any atom is -0.465 e. The highest BCUT2D eigenvalue weighted by Crippen LogP contribution is 2.45. The molecule has 3 N–H and O–H groups in total. The number of rotatable bonds is 7. The van der Waals surface area contributed by atoms with Crippen LogP contribution in [0, 0.1) is 17.8 Å². The molecular weight excluding hydrogens is 396 g/mol. The van der Waals surface area contributed by atoms with Crippen molar-refractivity contribution in [3.63, 3.8) is 0 Å². The molecule has 160 valence electrons. The maximum Gasteiger partial charge on any atom is 0.206 e. The van der Waals surface area contributed by atoms with Crippen molar-refractivity contribution >= 4 is 23.2 Å². The molecule has 1 aliphatic heterocycles. The van der Waals surface area contributed by atoms with Gasteiger partial charge in [0, 0.05) is 35.3 Å². The number of aliphatic hydroxyl groups is 3. The predicted octanol–water partition coefficient (Wildman–Crippen LogP) is 2.78. The van der Waals surface area contributed by atoms with Crippen LogP contribution in [0.2, 0.25) is 0 Å². The SMILES string of the molecule is C[C@H](O)[C@H](C)C(=O)C[C@H]1C2=COC(/C=C\[C@@H](C)[C@@H](C)O)=CC2=C(Cl)C(=O)[C@@]1(C)O. The Bertz CT molecular complexity index is 800. The summed E-state index contributed by atoms with van der Waals surface area (Å²) in [6, 6.07) is 0. The summed E-state index contributed by atoms with van der Waals surface area (Å²) in [5.41, 5.74) is -1.00. The molecule has 0 amide bonds. The third-order valence-electron chi connectivity index (χ3n) is 5.83. The normalized spacial score (nSPS) is 28.9. The zero-order chi connectivity index (χ0) is 22.1. The molecule has 0 saturated heterocycles. The minimum atomic E-state index is -1.87. The van der Waals surface area contributed by atoms with E-state index in [0.717, 1.165) is 0 Å². The first kappa shape index (κ1) is 23.5. The minimum absolute atomic E-state index is 0.102. The molecular formula is C22H29ClO6. The van der Waals surface area contributed by atoms with Gasteiger partial charge in [0.25, 0.3) is 0 Å². The number of allylic oxidation sites excluding steroid dienone is 3. The van der Waals surface area contributed by atoms with Crippen LogP contribution >= 0.6 is 11.6 Å². The van der Waals surface area contributed by atoms with Gasteiger partial charge in [0.2, 0.25) is 5.78 Å². The van der Waals surface area contributed by atoms with Gasteiger partial charge in [-0.2, -0.15) is 0 Å². The molecule has 7 heteroatoms. The molecule has 0 spiro atoms. The van der Waals surface area contributed by atoms with Crippen molar-refractivity contribution in [2.45, 2.75) is 58.8 Å². The third-order valence-corrected chi connectivity index (χ3v) is 6.21. The number of carbonyl (C=O) groups is 2. The Morgan fingerprint density at radius 3 is 2.45 bits per heavy atom. The number of ketones is 2. The lowest BCUT2D eigenvalue weighted by Gasteiger charge is -2.39. The van der Waals surface area contributed by atoms with E-state index in [4.69, 9.17) is 16.3 Å². The van der Waals surface area contributed by atoms with Crippen molar-refractivity contribution in [3.8, 4) is 0 Å². The molecule has 29 heavy (non-hydrogen) atoms. The van der Waals surface area contributed by atoms with Gasteiger partial charge >= 0.3 is 0 Å². The molecule has 6 atom stereocenters. The molecule has 0 unspecified atom stereocenters. The molecule has 0 aromatic carbocycles. The number of ether oxygens (including phenoxy) is 1. The zero-order valence-electron chi connectivity index (χ0n) is 17.3. The summed E-state index contributed by atoms with van der Waals surface area (Å²) in [4.78, 5) is 25.3. The van der Waals surface area contributed by atoms with Crippen molar-refractivity contribution < 1.29 is 29.6 Å². The fourth-order valence-corrected chi connectivity index (χ4v) is 3.53. The molecule has 2 aliphatic rings. The van der Waals surface area contributed by atoms with Gasteiger partial charge < -0.3 is 20.1 Å². The molecule has 1 aliphatic carbocycles. The van der Waals surface area contributed by atoms with E-state index in [2.05, 4.69) is 0 Å². The number of carbonyl (C=O) groups excluding carboxylic acids is 2. The summed E-state index contributed by atoms with van der Waals surface area (Å²) < 4.78 is 5.63. The quantitative estimate of drug-likeness (QED) is 0.580. The van der Waals surface area contributed by atoms with E-state index in [9.17, 15) is 24.9 Å². The topological polar surface area (TPSA) is 104 Å². The second-order valence-corrected chi connectivity index (χ2v) is 8.53. The maximum absolute atomic E-state index is 12.7. The van der Waals surface area contributed by atoms with E-state index >= 15 is 0 Å². The smallest absolute Gasteiger partial charge is 0.206 e. The van der Waals surface area contributed by atoms with Crippen molar-refractivity contribution in [3.05, 3.63) is 46.4 Å². The van der Waals surface area contributed by atoms with Gasteiger partial charge in [0.05, 0.1) is 23.5 Å². The summed E-state index contributed by atoms with van der Waals surface area (Å²) >= 11 is 6.26. The summed E-state index contributed by atoms with van der Waals surface area (Å²) in [6.07, 6.45) is 4.94. The highest BCUT2D eigenvalue weighted by Gasteiger charge is 2.49. The number of aliphatic hydroxyl groups excluding tert-OH is 2. The lowest BCUT2D eigenvalue weighted by Crippen LogP contribution is -2.49. The maximum atomic E-state index is 12.7. The summed E-state index contributed by atoms with van der Waals surface area (Å²) in [7, 11) is 0. The summed E-state index contributed by atoms with van der Waals surface area (Å²) in [5.74, 6) is -2.09. The van der Waals surface area contributed by atoms with Gasteiger partial charge in [0.1, 0.15) is 17.1 Å². The Kier molecular flexibility index (Phi) is 7.28. The summed E-state index contributed by atoms with van der Waals surface area (Å²) in [6.45, 7) is 8.00. The Labute approximate surface area is 176 Å². The number of hydrogen-bond donors (Lipinski definition) is 3. The van der Waals surface area contributed by atoms with Crippen molar-refractivity contribution in [2.75, 3.05) is 0 Å². The molecule has 0 aromatic heterocycles. The molecule has 0 aromatic rings. The molecule has 6 nitrogen and oxygen atoms in total. The molecule has 2 rings (SSSR count). The zero-order valence-corrected chi connectivity index (χ0v) is 18.1. The molecule has 0 saturated carbocycles. The lowest BCUT2D eigenvalue weighted by atomic mass is 9.69. The second kappa shape index (κ2) is 8.96. The van der Waals surface area contributed by atoms with Crippen molar-refractivity contribution in [1.29, 1.82) is 0 Å². The van der Waals surface area contributed by atoms with E-state index < -0.39 is 35.4 Å². The fourth-order valence-electron chi connectivity index (χ4n) is 3.18. The first-order chi connectivity index (χ1) is 13.4. The average molecular weight is 425 g/mol. The van der Waals surface area contributed by atoms with E-state index in [1.807, 2.05) is 6.92 Å². The highest BCUT2D eigenvalue weighted by atomic mass is 35.5. The Morgan fingerprint density at radius 1 is 1.28 bits per heavy atom.